The lowest BCUT2D eigenvalue weighted by Crippen LogP contribution is -2.54. The van der Waals surface area contributed by atoms with Gasteiger partial charge < -0.3 is 14.2 Å². The zero-order chi connectivity index (χ0) is 23.4. The molecule has 32 heavy (non-hydrogen) atoms. The number of hydrogen-bond acceptors (Lipinski definition) is 6. The molecule has 1 saturated heterocycles. The molecule has 168 valence electrons. The number of carbonyl (C=O) groups excluding carboxylic acids is 2. The maximum Gasteiger partial charge on any atom is 0.270 e. The molecule has 0 spiro atoms. The van der Waals surface area contributed by atoms with E-state index in [0.29, 0.717) is 33.5 Å². The summed E-state index contributed by atoms with van der Waals surface area (Å²) in [5, 5.41) is 2.89. The minimum absolute atomic E-state index is 0.0106. The fourth-order valence-electron chi connectivity index (χ4n) is 3.02. The lowest BCUT2D eigenvalue weighted by Gasteiger charge is -2.30. The van der Waals surface area contributed by atoms with Crippen molar-refractivity contribution in [3.05, 3.63) is 52.6 Å². The van der Waals surface area contributed by atoms with Gasteiger partial charge in [-0.15, -0.1) is 0 Å². The van der Waals surface area contributed by atoms with E-state index in [9.17, 15) is 9.59 Å². The van der Waals surface area contributed by atoms with Crippen LogP contribution in [0.5, 0.6) is 17.2 Å². The minimum atomic E-state index is -0.597. The lowest BCUT2D eigenvalue weighted by atomic mass is 10.1. The molecule has 0 unspecified atom stereocenters. The van der Waals surface area contributed by atoms with Crippen LogP contribution < -0.4 is 24.4 Å². The highest BCUT2D eigenvalue weighted by Gasteiger charge is 2.36. The third-order valence-electron chi connectivity index (χ3n) is 4.90. The SMILES string of the molecule is CC[C@@H](C)Oc1ccc(/C=C2\C(=O)NC(=S)N(c3ccc(OC)cc3OC)C2=O)cc1Cl. The summed E-state index contributed by atoms with van der Waals surface area (Å²) >= 11 is 11.6. The number of benzene rings is 2. The Morgan fingerprint density at radius 2 is 1.88 bits per heavy atom. The number of rotatable bonds is 7. The quantitative estimate of drug-likeness (QED) is 0.365. The van der Waals surface area contributed by atoms with Crippen LogP contribution in [0.4, 0.5) is 5.69 Å². The van der Waals surface area contributed by atoms with Crippen LogP contribution in [-0.2, 0) is 9.59 Å². The van der Waals surface area contributed by atoms with Crippen molar-refractivity contribution in [3.8, 4) is 17.2 Å². The second-order valence-corrected chi connectivity index (χ2v) is 7.82. The summed E-state index contributed by atoms with van der Waals surface area (Å²) in [5.41, 5.74) is 0.854. The molecule has 0 bridgehead atoms. The molecular weight excluding hydrogens is 452 g/mol. The van der Waals surface area contributed by atoms with Crippen molar-refractivity contribution in [2.75, 3.05) is 19.1 Å². The van der Waals surface area contributed by atoms with Gasteiger partial charge in [-0.3, -0.25) is 14.9 Å². The van der Waals surface area contributed by atoms with Crippen LogP contribution in [0, 0.1) is 0 Å². The van der Waals surface area contributed by atoms with Crippen LogP contribution in [0.3, 0.4) is 0 Å². The topological polar surface area (TPSA) is 77.1 Å². The molecule has 1 atom stereocenters. The van der Waals surface area contributed by atoms with Crippen LogP contribution in [0.25, 0.3) is 6.08 Å². The molecule has 2 aromatic carbocycles. The Morgan fingerprint density at radius 1 is 1.12 bits per heavy atom. The Morgan fingerprint density at radius 3 is 2.50 bits per heavy atom. The van der Waals surface area contributed by atoms with Gasteiger partial charge >= 0.3 is 0 Å². The molecule has 9 heteroatoms. The summed E-state index contributed by atoms with van der Waals surface area (Å²) < 4.78 is 16.4. The predicted octanol–water partition coefficient (Wildman–Crippen LogP) is 4.37. The van der Waals surface area contributed by atoms with Gasteiger partial charge in [-0.1, -0.05) is 24.6 Å². The molecule has 0 aliphatic carbocycles. The first-order valence-electron chi connectivity index (χ1n) is 9.88. The molecule has 0 saturated carbocycles. The van der Waals surface area contributed by atoms with Gasteiger partial charge in [0.05, 0.1) is 31.0 Å². The number of thiocarbonyl (C=S) groups is 1. The molecule has 2 aromatic rings. The predicted molar refractivity (Wildman–Crippen MR) is 128 cm³/mol. The van der Waals surface area contributed by atoms with Crippen molar-refractivity contribution < 1.29 is 23.8 Å². The van der Waals surface area contributed by atoms with E-state index >= 15 is 0 Å². The van der Waals surface area contributed by atoms with Crippen molar-refractivity contribution in [2.45, 2.75) is 26.4 Å². The highest BCUT2D eigenvalue weighted by atomic mass is 35.5. The van der Waals surface area contributed by atoms with E-state index in [1.54, 1.807) is 36.4 Å². The highest BCUT2D eigenvalue weighted by molar-refractivity contribution is 7.80. The molecule has 1 N–H and O–H groups in total. The van der Waals surface area contributed by atoms with E-state index in [1.165, 1.54) is 25.2 Å². The summed E-state index contributed by atoms with van der Waals surface area (Å²) in [5.74, 6) is 0.270. The van der Waals surface area contributed by atoms with Gasteiger partial charge in [-0.05, 0) is 61.5 Å². The lowest BCUT2D eigenvalue weighted by molar-refractivity contribution is -0.122. The van der Waals surface area contributed by atoms with Gasteiger partial charge in [0.1, 0.15) is 22.8 Å². The number of ether oxygens (including phenoxy) is 3. The standard InChI is InChI=1S/C23H23ClN2O5S/c1-5-13(2)31-19-9-6-14(11-17(19)24)10-16-21(27)25-23(32)26(22(16)28)18-8-7-15(29-3)12-20(18)30-4/h6-13H,5H2,1-4H3,(H,25,27,32)/b16-10+/t13-/m1/s1. The van der Waals surface area contributed by atoms with E-state index in [2.05, 4.69) is 5.32 Å². The summed E-state index contributed by atoms with van der Waals surface area (Å²) in [6.07, 6.45) is 2.30. The van der Waals surface area contributed by atoms with E-state index in [0.717, 1.165) is 6.42 Å². The van der Waals surface area contributed by atoms with Crippen molar-refractivity contribution in [1.82, 2.24) is 5.32 Å². The van der Waals surface area contributed by atoms with Gasteiger partial charge in [-0.25, -0.2) is 4.90 Å². The number of carbonyl (C=O) groups is 2. The Hall–Kier alpha value is -3.10. The monoisotopic (exact) mass is 474 g/mol. The van der Waals surface area contributed by atoms with Crippen molar-refractivity contribution in [2.24, 2.45) is 0 Å². The number of nitrogens with zero attached hydrogens (tertiary/aromatic N) is 1. The Balaban J connectivity index is 1.97. The minimum Gasteiger partial charge on any atom is -0.497 e. The Labute approximate surface area is 196 Å². The second-order valence-electron chi connectivity index (χ2n) is 7.02. The van der Waals surface area contributed by atoms with Gasteiger partial charge in [0.2, 0.25) is 0 Å². The van der Waals surface area contributed by atoms with Gasteiger partial charge in [0, 0.05) is 6.07 Å². The summed E-state index contributed by atoms with van der Waals surface area (Å²) in [4.78, 5) is 27.1. The van der Waals surface area contributed by atoms with Gasteiger partial charge in [0.25, 0.3) is 11.8 Å². The van der Waals surface area contributed by atoms with Crippen LogP contribution in [0.1, 0.15) is 25.8 Å². The van der Waals surface area contributed by atoms with E-state index in [4.69, 9.17) is 38.0 Å². The van der Waals surface area contributed by atoms with E-state index < -0.39 is 11.8 Å². The molecule has 1 aliphatic rings. The number of amides is 2. The first kappa shape index (κ1) is 23.6. The first-order chi connectivity index (χ1) is 15.3. The fraction of sp³-hybridized carbons (Fsp3) is 0.261. The van der Waals surface area contributed by atoms with Gasteiger partial charge in [0.15, 0.2) is 5.11 Å². The van der Waals surface area contributed by atoms with E-state index in [1.807, 2.05) is 13.8 Å². The van der Waals surface area contributed by atoms with Crippen molar-refractivity contribution in [1.29, 1.82) is 0 Å². The molecular formula is C23H23ClN2O5S. The Kier molecular flexibility index (Phi) is 7.37. The average Bonchev–Trinajstić information content (AvgIpc) is 2.78. The zero-order valence-corrected chi connectivity index (χ0v) is 19.7. The van der Waals surface area contributed by atoms with Crippen molar-refractivity contribution in [3.63, 3.8) is 0 Å². The number of anilines is 1. The molecule has 2 amide bonds. The Bertz CT molecular complexity index is 1100. The molecule has 1 heterocycles. The smallest absolute Gasteiger partial charge is 0.270 e. The number of halogens is 1. The second kappa shape index (κ2) is 10.0. The molecule has 1 fully saturated rings. The average molecular weight is 475 g/mol. The summed E-state index contributed by atoms with van der Waals surface area (Å²) in [6.45, 7) is 3.96. The molecule has 1 aliphatic heterocycles. The molecule has 7 nitrogen and oxygen atoms in total. The van der Waals surface area contributed by atoms with Crippen molar-refractivity contribution >= 4 is 52.5 Å². The third-order valence-corrected chi connectivity index (χ3v) is 5.48. The number of nitrogens with one attached hydrogen (secondary N) is 1. The zero-order valence-electron chi connectivity index (χ0n) is 18.1. The fourth-order valence-corrected chi connectivity index (χ4v) is 3.52. The highest BCUT2D eigenvalue weighted by Crippen LogP contribution is 2.35. The van der Waals surface area contributed by atoms with Crippen LogP contribution in [-0.4, -0.2) is 37.3 Å². The van der Waals surface area contributed by atoms with Crippen LogP contribution in [0.2, 0.25) is 5.02 Å². The first-order valence-corrected chi connectivity index (χ1v) is 10.7. The summed E-state index contributed by atoms with van der Waals surface area (Å²) in [7, 11) is 2.99. The van der Waals surface area contributed by atoms with Crippen LogP contribution in [0.15, 0.2) is 42.0 Å². The maximum absolute atomic E-state index is 13.3. The number of hydrogen-bond donors (Lipinski definition) is 1. The van der Waals surface area contributed by atoms with Gasteiger partial charge in [-0.2, -0.15) is 0 Å². The van der Waals surface area contributed by atoms with E-state index in [-0.39, 0.29) is 16.8 Å². The molecule has 3 rings (SSSR count). The largest absolute Gasteiger partial charge is 0.497 e. The molecule has 0 aromatic heterocycles. The number of methoxy groups -OCH3 is 2. The third kappa shape index (κ3) is 4.87. The molecule has 0 radical (unpaired) electrons. The van der Waals surface area contributed by atoms with Crippen LogP contribution >= 0.6 is 23.8 Å². The summed E-state index contributed by atoms with van der Waals surface area (Å²) in [6, 6.07) is 10.0. The maximum atomic E-state index is 13.3. The normalized spacial score (nSPS) is 16.1.